The van der Waals surface area contributed by atoms with E-state index in [1.165, 1.54) is 6.33 Å². The molecule has 6 heteroatoms. The molecule has 0 aliphatic carbocycles. The molecule has 22 heavy (non-hydrogen) atoms. The van der Waals surface area contributed by atoms with Crippen LogP contribution in [0.3, 0.4) is 0 Å². The van der Waals surface area contributed by atoms with E-state index in [-0.39, 0.29) is 5.75 Å². The monoisotopic (exact) mass is 319 g/mol. The Morgan fingerprint density at radius 3 is 2.41 bits per heavy atom. The lowest BCUT2D eigenvalue weighted by atomic mass is 10.1. The minimum atomic E-state index is -3.17. The quantitative estimate of drug-likeness (QED) is 0.886. The van der Waals surface area contributed by atoms with E-state index < -0.39 is 9.84 Å². The largest absolute Gasteiger partial charge is 0.370 e. The first-order chi connectivity index (χ1) is 10.4. The third-order valence-electron chi connectivity index (χ3n) is 3.25. The SMILES string of the molecule is CCS(=O)(=O)c1ccc(-c2cc(NCC(C)C)ncn2)cc1. The number of aromatic nitrogens is 2. The molecule has 1 N–H and O–H groups in total. The third kappa shape index (κ3) is 4.04. The molecule has 2 aromatic rings. The fourth-order valence-electron chi connectivity index (χ4n) is 1.92. The Bertz CT molecular complexity index is 725. The van der Waals surface area contributed by atoms with E-state index in [0.717, 1.165) is 23.6 Å². The Labute approximate surface area is 131 Å². The van der Waals surface area contributed by atoms with E-state index in [4.69, 9.17) is 0 Å². The van der Waals surface area contributed by atoms with Crippen LogP contribution in [0.15, 0.2) is 41.6 Å². The van der Waals surface area contributed by atoms with Gasteiger partial charge in [-0.1, -0.05) is 32.9 Å². The maximum atomic E-state index is 11.8. The first kappa shape index (κ1) is 16.4. The number of anilines is 1. The molecule has 0 aliphatic rings. The maximum absolute atomic E-state index is 11.8. The van der Waals surface area contributed by atoms with Gasteiger partial charge in [0.25, 0.3) is 0 Å². The Balaban J connectivity index is 2.23. The molecule has 1 aromatic heterocycles. The molecule has 0 saturated carbocycles. The molecule has 0 aliphatic heterocycles. The van der Waals surface area contributed by atoms with Crippen LogP contribution in [0.25, 0.3) is 11.3 Å². The van der Waals surface area contributed by atoms with Crippen LogP contribution in [-0.2, 0) is 9.84 Å². The van der Waals surface area contributed by atoms with Crippen molar-refractivity contribution in [1.82, 2.24) is 9.97 Å². The normalized spacial score (nSPS) is 11.6. The van der Waals surface area contributed by atoms with E-state index in [9.17, 15) is 8.42 Å². The standard InChI is InChI=1S/C16H21N3O2S/c1-4-22(20,21)14-7-5-13(6-8-14)15-9-16(19-11-18-15)17-10-12(2)3/h5-9,11-12H,4,10H2,1-3H3,(H,17,18,19). The van der Waals surface area contributed by atoms with Gasteiger partial charge in [0.15, 0.2) is 9.84 Å². The van der Waals surface area contributed by atoms with E-state index >= 15 is 0 Å². The average Bonchev–Trinajstić information content (AvgIpc) is 2.53. The number of hydrogen-bond acceptors (Lipinski definition) is 5. The fourth-order valence-corrected chi connectivity index (χ4v) is 2.80. The number of nitrogens with one attached hydrogen (secondary N) is 1. The van der Waals surface area contributed by atoms with Crippen molar-refractivity contribution in [1.29, 1.82) is 0 Å². The second-order valence-electron chi connectivity index (χ2n) is 5.49. The lowest BCUT2D eigenvalue weighted by Gasteiger charge is -2.09. The van der Waals surface area contributed by atoms with Crippen molar-refractivity contribution in [2.24, 2.45) is 5.92 Å². The highest BCUT2D eigenvalue weighted by Gasteiger charge is 2.11. The molecule has 2 rings (SSSR count). The summed E-state index contributed by atoms with van der Waals surface area (Å²) in [5.41, 5.74) is 1.63. The number of nitrogens with zero attached hydrogens (tertiary/aromatic N) is 2. The molecule has 0 amide bonds. The molecule has 0 atom stereocenters. The summed E-state index contributed by atoms with van der Waals surface area (Å²) in [5, 5.41) is 3.25. The molecule has 0 spiro atoms. The minimum absolute atomic E-state index is 0.100. The highest BCUT2D eigenvalue weighted by molar-refractivity contribution is 7.91. The Kier molecular flexibility index (Phi) is 5.13. The Hall–Kier alpha value is -1.95. The fraction of sp³-hybridized carbons (Fsp3) is 0.375. The second-order valence-corrected chi connectivity index (χ2v) is 7.77. The van der Waals surface area contributed by atoms with Crippen LogP contribution in [0.5, 0.6) is 0 Å². The smallest absolute Gasteiger partial charge is 0.178 e. The molecule has 0 unspecified atom stereocenters. The topological polar surface area (TPSA) is 72.0 Å². The molecule has 5 nitrogen and oxygen atoms in total. The van der Waals surface area contributed by atoms with Gasteiger partial charge in [-0.25, -0.2) is 18.4 Å². The summed E-state index contributed by atoms with van der Waals surface area (Å²) in [7, 11) is -3.17. The Morgan fingerprint density at radius 1 is 1.14 bits per heavy atom. The molecule has 0 radical (unpaired) electrons. The Morgan fingerprint density at radius 2 is 1.82 bits per heavy atom. The zero-order valence-corrected chi connectivity index (χ0v) is 13.9. The minimum Gasteiger partial charge on any atom is -0.370 e. The molecule has 0 bridgehead atoms. The lowest BCUT2D eigenvalue weighted by Crippen LogP contribution is -2.09. The van der Waals surface area contributed by atoms with Gasteiger partial charge in [-0.2, -0.15) is 0 Å². The van der Waals surface area contributed by atoms with Gasteiger partial charge < -0.3 is 5.32 Å². The van der Waals surface area contributed by atoms with Gasteiger partial charge in [0.1, 0.15) is 12.1 Å². The average molecular weight is 319 g/mol. The van der Waals surface area contributed by atoms with Crippen molar-refractivity contribution in [2.75, 3.05) is 17.6 Å². The maximum Gasteiger partial charge on any atom is 0.178 e. The van der Waals surface area contributed by atoms with Gasteiger partial charge in [-0.3, -0.25) is 0 Å². The van der Waals surface area contributed by atoms with E-state index in [1.807, 2.05) is 6.07 Å². The first-order valence-corrected chi connectivity index (χ1v) is 8.96. The second kappa shape index (κ2) is 6.87. The van der Waals surface area contributed by atoms with Crippen LogP contribution in [-0.4, -0.2) is 30.7 Å². The van der Waals surface area contributed by atoms with Crippen molar-refractivity contribution in [2.45, 2.75) is 25.7 Å². The summed E-state index contributed by atoms with van der Waals surface area (Å²) < 4.78 is 23.6. The molecule has 118 valence electrons. The zero-order chi connectivity index (χ0) is 16.2. The summed E-state index contributed by atoms with van der Waals surface area (Å²) in [4.78, 5) is 8.78. The zero-order valence-electron chi connectivity index (χ0n) is 13.1. The van der Waals surface area contributed by atoms with Crippen LogP contribution < -0.4 is 5.32 Å². The molecule has 1 heterocycles. The number of sulfone groups is 1. The van der Waals surface area contributed by atoms with Crippen LogP contribution in [0.2, 0.25) is 0 Å². The van der Waals surface area contributed by atoms with Crippen LogP contribution in [0.4, 0.5) is 5.82 Å². The molecule has 1 aromatic carbocycles. The number of benzene rings is 1. The highest BCUT2D eigenvalue weighted by atomic mass is 32.2. The van der Waals surface area contributed by atoms with Crippen LogP contribution in [0, 0.1) is 5.92 Å². The summed E-state index contributed by atoms with van der Waals surface area (Å²) in [6.07, 6.45) is 1.51. The van der Waals surface area contributed by atoms with Gasteiger partial charge in [-0.05, 0) is 18.1 Å². The first-order valence-electron chi connectivity index (χ1n) is 7.31. The van der Waals surface area contributed by atoms with Gasteiger partial charge in [0.2, 0.25) is 0 Å². The molecular formula is C16H21N3O2S. The number of hydrogen-bond donors (Lipinski definition) is 1. The van der Waals surface area contributed by atoms with Crippen LogP contribution in [0.1, 0.15) is 20.8 Å². The highest BCUT2D eigenvalue weighted by Crippen LogP contribution is 2.21. The summed E-state index contributed by atoms with van der Waals surface area (Å²) in [6, 6.07) is 8.66. The summed E-state index contributed by atoms with van der Waals surface area (Å²) >= 11 is 0. The van der Waals surface area contributed by atoms with Crippen molar-refractivity contribution in [3.05, 3.63) is 36.7 Å². The lowest BCUT2D eigenvalue weighted by molar-refractivity contribution is 0.597. The van der Waals surface area contributed by atoms with E-state index in [1.54, 1.807) is 31.2 Å². The molecule has 0 saturated heterocycles. The van der Waals surface area contributed by atoms with E-state index in [2.05, 4.69) is 29.1 Å². The molecular weight excluding hydrogens is 298 g/mol. The summed E-state index contributed by atoms with van der Waals surface area (Å²) in [6.45, 7) is 6.73. The summed E-state index contributed by atoms with van der Waals surface area (Å²) in [5.74, 6) is 1.39. The molecule has 0 fully saturated rings. The van der Waals surface area contributed by atoms with Crippen molar-refractivity contribution in [3.63, 3.8) is 0 Å². The van der Waals surface area contributed by atoms with Gasteiger partial charge in [-0.15, -0.1) is 0 Å². The number of rotatable bonds is 6. The van der Waals surface area contributed by atoms with Gasteiger partial charge in [0, 0.05) is 18.2 Å². The van der Waals surface area contributed by atoms with Crippen molar-refractivity contribution >= 4 is 15.7 Å². The van der Waals surface area contributed by atoms with Gasteiger partial charge >= 0.3 is 0 Å². The third-order valence-corrected chi connectivity index (χ3v) is 5.00. The van der Waals surface area contributed by atoms with E-state index in [0.29, 0.717) is 10.8 Å². The predicted octanol–water partition coefficient (Wildman–Crippen LogP) is 3.01. The van der Waals surface area contributed by atoms with Crippen molar-refractivity contribution < 1.29 is 8.42 Å². The van der Waals surface area contributed by atoms with Crippen molar-refractivity contribution in [3.8, 4) is 11.3 Å². The predicted molar refractivity (Wildman–Crippen MR) is 88.5 cm³/mol. The van der Waals surface area contributed by atoms with Gasteiger partial charge in [0.05, 0.1) is 16.3 Å². The van der Waals surface area contributed by atoms with Crippen LogP contribution >= 0.6 is 0 Å².